The Bertz CT molecular complexity index is 716. The molecule has 0 aliphatic rings. The van der Waals surface area contributed by atoms with Crippen LogP contribution in [0.15, 0.2) is 12.2 Å². The second-order valence-electron chi connectivity index (χ2n) is 16.0. The summed E-state index contributed by atoms with van der Waals surface area (Å²) in [4.78, 5) is 12.4. The number of ether oxygens (including phenoxy) is 1. The molecule has 0 bridgehead atoms. The van der Waals surface area contributed by atoms with Crippen LogP contribution in [0.4, 0.5) is 0 Å². The molecule has 0 saturated heterocycles. The fourth-order valence-corrected chi connectivity index (χ4v) is 39.0. The van der Waals surface area contributed by atoms with Crippen molar-refractivity contribution in [2.24, 2.45) is 0 Å². The van der Waals surface area contributed by atoms with Crippen LogP contribution in [0.3, 0.4) is 0 Å². The molecule has 0 N–H and O–H groups in total. The minimum absolute atomic E-state index is 0.315. The van der Waals surface area contributed by atoms with Crippen LogP contribution in [0.2, 0.25) is 55.9 Å². The number of carbonyl (C=O) groups excluding carboxylic acids is 1. The molecule has 0 unspecified atom stereocenters. The number of hydrogen-bond donors (Lipinski definition) is 0. The van der Waals surface area contributed by atoms with E-state index in [0.29, 0.717) is 74.5 Å². The first-order chi connectivity index (χ1) is 19.4. The number of rotatable bonds is 20. The third-order valence-electron chi connectivity index (χ3n) is 10.3. The van der Waals surface area contributed by atoms with Crippen molar-refractivity contribution in [2.45, 2.75) is 194 Å². The fourth-order valence-electron chi connectivity index (χ4n) is 8.66. The van der Waals surface area contributed by atoms with Crippen LogP contribution in [-0.2, 0) is 21.9 Å². The Morgan fingerprint density at radius 2 is 0.744 bits per heavy atom. The predicted octanol–water partition coefficient (Wildman–Crippen LogP) is 12.0. The van der Waals surface area contributed by atoms with Crippen molar-refractivity contribution in [1.29, 1.82) is 0 Å². The van der Waals surface area contributed by atoms with Crippen LogP contribution < -0.4 is 0 Å². The summed E-state index contributed by atoms with van der Waals surface area (Å²) in [5.74, 6) is -0.337. The molecule has 0 heterocycles. The zero-order valence-electron chi connectivity index (χ0n) is 32.1. The normalized spacial score (nSPS) is 14.2. The Morgan fingerprint density at radius 1 is 0.512 bits per heavy atom. The maximum atomic E-state index is 12.4. The van der Waals surface area contributed by atoms with Crippen molar-refractivity contribution in [2.75, 3.05) is 6.61 Å². The molecule has 0 aliphatic carbocycles. The largest absolute Gasteiger partial charge is 0.469 e. The minimum Gasteiger partial charge on any atom is -0.462 e. The van der Waals surface area contributed by atoms with E-state index in [2.05, 4.69) is 131 Å². The maximum Gasteiger partial charge on any atom is 0.469 e. The Hall–Kier alpha value is -0.0425. The lowest BCUT2D eigenvalue weighted by molar-refractivity contribution is -0.139. The molecule has 5 nitrogen and oxygen atoms in total. The van der Waals surface area contributed by atoms with Crippen LogP contribution in [0.1, 0.15) is 138 Å². The van der Waals surface area contributed by atoms with Gasteiger partial charge >= 0.3 is 14.8 Å². The van der Waals surface area contributed by atoms with Gasteiger partial charge < -0.3 is 17.1 Å². The molecular weight excluding hydrogens is 601 g/mol. The van der Waals surface area contributed by atoms with E-state index >= 15 is 0 Å². The quantitative estimate of drug-likeness (QED) is 0.0557. The lowest BCUT2D eigenvalue weighted by Gasteiger charge is -2.56. The van der Waals surface area contributed by atoms with Crippen molar-refractivity contribution in [3.8, 4) is 0 Å². The smallest absolute Gasteiger partial charge is 0.462 e. The van der Waals surface area contributed by atoms with Gasteiger partial charge in [0.15, 0.2) is 25.0 Å². The van der Waals surface area contributed by atoms with Crippen molar-refractivity contribution < 1.29 is 21.9 Å². The number of hydrogen-bond acceptors (Lipinski definition) is 5. The summed E-state index contributed by atoms with van der Waals surface area (Å²) in [7, 11) is -10.7. The van der Waals surface area contributed by atoms with Crippen LogP contribution in [0, 0.1) is 0 Å². The molecule has 0 aromatic heterocycles. The van der Waals surface area contributed by atoms with Crippen molar-refractivity contribution in [3.05, 3.63) is 12.2 Å². The van der Waals surface area contributed by atoms with E-state index in [1.807, 2.05) is 0 Å². The molecule has 0 rings (SSSR count). The third-order valence-corrected chi connectivity index (χ3v) is 35.5. The molecule has 43 heavy (non-hydrogen) atoms. The van der Waals surface area contributed by atoms with Gasteiger partial charge in [0.25, 0.3) is 0 Å². The zero-order valence-corrected chi connectivity index (χ0v) is 36.1. The second kappa shape index (κ2) is 17.2. The molecule has 0 amide bonds. The molecule has 0 aromatic carbocycles. The van der Waals surface area contributed by atoms with Crippen LogP contribution in [-0.4, -0.2) is 46.3 Å². The summed E-state index contributed by atoms with van der Waals surface area (Å²) in [6.45, 7) is 48.2. The van der Waals surface area contributed by atoms with E-state index in [-0.39, 0.29) is 5.97 Å². The summed E-state index contributed by atoms with van der Waals surface area (Å²) in [5.41, 5.74) is 4.00. The van der Waals surface area contributed by atoms with E-state index in [4.69, 9.17) is 17.1 Å². The van der Waals surface area contributed by atoms with E-state index in [9.17, 15) is 4.79 Å². The first-order valence-electron chi connectivity index (χ1n) is 17.4. The van der Waals surface area contributed by atoms with E-state index in [1.54, 1.807) is 6.92 Å². The van der Waals surface area contributed by atoms with E-state index in [1.165, 1.54) is 0 Å². The van der Waals surface area contributed by atoms with Gasteiger partial charge in [-0.2, -0.15) is 0 Å². The maximum absolute atomic E-state index is 12.4. The highest BCUT2D eigenvalue weighted by atomic mass is 28.5. The molecule has 0 radical (unpaired) electrons. The molecule has 0 saturated carbocycles. The van der Waals surface area contributed by atoms with Gasteiger partial charge in [0.05, 0.1) is 6.61 Å². The summed E-state index contributed by atoms with van der Waals surface area (Å²) in [6.07, 6.45) is 0.654. The monoisotopic (exact) mass is 674 g/mol. The molecule has 0 fully saturated rings. The number of esters is 1. The molecule has 0 aromatic rings. The van der Waals surface area contributed by atoms with Gasteiger partial charge in [-0.05, 0) is 63.2 Å². The van der Waals surface area contributed by atoms with Crippen LogP contribution in [0.5, 0.6) is 0 Å². The van der Waals surface area contributed by atoms with Crippen molar-refractivity contribution in [1.82, 2.24) is 0 Å². The zero-order chi connectivity index (χ0) is 34.3. The first-order valence-corrected chi connectivity index (χ1v) is 25.7. The summed E-state index contributed by atoms with van der Waals surface area (Å²) in [5, 5.41) is 0. The van der Waals surface area contributed by atoms with Crippen LogP contribution >= 0.6 is 0 Å². The lowest BCUT2D eigenvalue weighted by Crippen LogP contribution is -2.69. The van der Waals surface area contributed by atoms with E-state index in [0.717, 1.165) is 0 Å². The molecule has 256 valence electrons. The van der Waals surface area contributed by atoms with Crippen molar-refractivity contribution in [3.63, 3.8) is 0 Å². The topological polar surface area (TPSA) is 54.0 Å². The van der Waals surface area contributed by atoms with Crippen LogP contribution in [0.25, 0.3) is 0 Å². The molecule has 0 spiro atoms. The standard InChI is InChI=1S/C34H74O5Si4/c1-24(2)34(35)36-22-21-23-40(37-41(25(3)4,26(5)6)27(7)8,38-42(28(9)10,29(11)12)30(13)14)39-43(31(15)16,32(17)18)33(19)20/h25-33H,1,21-23H2,2-20H3. The highest BCUT2D eigenvalue weighted by molar-refractivity contribution is 6.94. The SMILES string of the molecule is C=C(C)C(=O)OCCC[Si](O[Si](C(C)C)(C(C)C)C(C)C)(O[Si](C(C)C)(C(C)C)C(C)C)O[Si](C(C)C)(C(C)C)C(C)C. The Labute approximate surface area is 273 Å². The fraction of sp³-hybridized carbons (Fsp3) is 0.912. The highest BCUT2D eigenvalue weighted by Gasteiger charge is 2.63. The Balaban J connectivity index is 7.87. The van der Waals surface area contributed by atoms with Gasteiger partial charge in [-0.1, -0.05) is 131 Å². The van der Waals surface area contributed by atoms with Gasteiger partial charge in [-0.25, -0.2) is 4.79 Å². The van der Waals surface area contributed by atoms with Gasteiger partial charge in [0, 0.05) is 11.6 Å². The van der Waals surface area contributed by atoms with Crippen molar-refractivity contribution >= 4 is 39.7 Å². The molecule has 0 aliphatic heterocycles. The van der Waals surface area contributed by atoms with Gasteiger partial charge in [-0.3, -0.25) is 0 Å². The third kappa shape index (κ3) is 9.50. The van der Waals surface area contributed by atoms with Gasteiger partial charge in [0.1, 0.15) is 0 Å². The molecule has 9 heteroatoms. The average molecular weight is 675 g/mol. The summed E-state index contributed by atoms with van der Waals surface area (Å²) in [6, 6.07) is 0.666. The lowest BCUT2D eigenvalue weighted by atomic mass is 10.4. The molecular formula is C34H74O5Si4. The second-order valence-corrected chi connectivity index (χ2v) is 35.8. The van der Waals surface area contributed by atoms with E-state index < -0.39 is 33.8 Å². The molecule has 0 atom stereocenters. The Morgan fingerprint density at radius 3 is 0.930 bits per heavy atom. The predicted molar refractivity (Wildman–Crippen MR) is 197 cm³/mol. The summed E-state index contributed by atoms with van der Waals surface area (Å²) >= 11 is 0. The Kier molecular flexibility index (Phi) is 17.2. The highest BCUT2D eigenvalue weighted by Crippen LogP contribution is 2.53. The van der Waals surface area contributed by atoms with Gasteiger partial charge in [-0.15, -0.1) is 0 Å². The van der Waals surface area contributed by atoms with Gasteiger partial charge in [0.2, 0.25) is 0 Å². The first kappa shape index (κ1) is 43.0. The minimum atomic E-state index is -3.39. The average Bonchev–Trinajstić information content (AvgIpc) is 2.84. The number of carbonyl (C=O) groups is 1. The summed E-state index contributed by atoms with van der Waals surface area (Å²) < 4.78 is 29.7.